The van der Waals surface area contributed by atoms with Gasteiger partial charge in [-0.3, -0.25) is 4.79 Å². The van der Waals surface area contributed by atoms with Gasteiger partial charge in [-0.15, -0.1) is 0 Å². The van der Waals surface area contributed by atoms with Crippen LogP contribution in [-0.2, 0) is 19.6 Å². The van der Waals surface area contributed by atoms with Crippen LogP contribution in [0, 0.1) is 0 Å². The number of halogens is 1. The molecule has 2 aromatic rings. The number of benzene rings is 2. The molecule has 1 aliphatic heterocycles. The number of likely N-dealkylation sites (N-methyl/N-ethyl adjacent to an activating group) is 1. The first-order valence-electron chi connectivity index (χ1n) is 9.24. The lowest BCUT2D eigenvalue weighted by atomic mass is 10.3. The maximum Gasteiger partial charge on any atom is 0.264 e. The molecule has 162 valence electrons. The van der Waals surface area contributed by atoms with Crippen LogP contribution in [0.5, 0.6) is 11.5 Å². The molecule has 0 spiro atoms. The van der Waals surface area contributed by atoms with Gasteiger partial charge in [-0.1, -0.05) is 11.6 Å². The van der Waals surface area contributed by atoms with Crippen molar-refractivity contribution in [2.75, 3.05) is 52.0 Å². The van der Waals surface area contributed by atoms with Gasteiger partial charge in [-0.25, -0.2) is 8.42 Å². The fourth-order valence-electron chi connectivity index (χ4n) is 2.88. The Labute approximate surface area is 180 Å². The Kier molecular flexibility index (Phi) is 7.19. The summed E-state index contributed by atoms with van der Waals surface area (Å²) in [5, 5.41) is 0.115. The molecule has 10 heteroatoms. The first-order valence-corrected chi connectivity index (χ1v) is 11.1. The molecule has 0 radical (unpaired) electrons. The Hall–Kier alpha value is -2.33. The van der Waals surface area contributed by atoms with Crippen molar-refractivity contribution >= 4 is 33.2 Å². The van der Waals surface area contributed by atoms with Gasteiger partial charge in [0.15, 0.2) is 6.61 Å². The Morgan fingerprint density at radius 1 is 1.17 bits per heavy atom. The molecule has 1 amide bonds. The summed E-state index contributed by atoms with van der Waals surface area (Å²) in [6.45, 7) is 1.06. The van der Waals surface area contributed by atoms with Crippen molar-refractivity contribution < 1.29 is 27.4 Å². The molecule has 2 aromatic carbocycles. The summed E-state index contributed by atoms with van der Waals surface area (Å²) >= 11 is 6.22. The average Bonchev–Trinajstić information content (AvgIpc) is 2.78. The fraction of sp³-hybridized carbons (Fsp3) is 0.350. The van der Waals surface area contributed by atoms with Gasteiger partial charge < -0.3 is 19.1 Å². The van der Waals surface area contributed by atoms with E-state index in [0.717, 1.165) is 0 Å². The quantitative estimate of drug-likeness (QED) is 0.638. The Morgan fingerprint density at radius 2 is 1.83 bits per heavy atom. The van der Waals surface area contributed by atoms with E-state index in [4.69, 9.17) is 25.8 Å². The number of sulfonamides is 1. The summed E-state index contributed by atoms with van der Waals surface area (Å²) in [4.78, 5) is 13.9. The zero-order chi connectivity index (χ0) is 21.7. The molecule has 1 fully saturated rings. The van der Waals surface area contributed by atoms with E-state index in [1.165, 1.54) is 27.4 Å². The third kappa shape index (κ3) is 5.04. The molecule has 0 bridgehead atoms. The number of hydrogen-bond donors (Lipinski definition) is 0. The second-order valence-corrected chi connectivity index (χ2v) is 8.89. The molecule has 0 atom stereocenters. The van der Waals surface area contributed by atoms with E-state index in [0.29, 0.717) is 37.7 Å². The van der Waals surface area contributed by atoms with Gasteiger partial charge in [0.1, 0.15) is 11.5 Å². The number of morpholine rings is 1. The topological polar surface area (TPSA) is 85.4 Å². The largest absolute Gasteiger partial charge is 0.497 e. The number of carbonyl (C=O) groups is 1. The van der Waals surface area contributed by atoms with Crippen molar-refractivity contribution in [2.24, 2.45) is 0 Å². The number of methoxy groups -OCH3 is 1. The summed E-state index contributed by atoms with van der Waals surface area (Å²) in [6, 6.07) is 11.2. The average molecular weight is 455 g/mol. The van der Waals surface area contributed by atoms with Crippen LogP contribution in [0.2, 0.25) is 5.02 Å². The summed E-state index contributed by atoms with van der Waals surface area (Å²) in [5.41, 5.74) is 0.683. The van der Waals surface area contributed by atoms with Crippen LogP contribution >= 0.6 is 11.6 Å². The Bertz CT molecular complexity index is 991. The third-order valence-corrected chi connectivity index (χ3v) is 6.89. The molecule has 1 aliphatic rings. The van der Waals surface area contributed by atoms with Crippen LogP contribution in [-0.4, -0.2) is 65.7 Å². The van der Waals surface area contributed by atoms with Crippen LogP contribution in [0.4, 0.5) is 5.69 Å². The molecule has 3 rings (SSSR count). The Morgan fingerprint density at radius 3 is 2.43 bits per heavy atom. The van der Waals surface area contributed by atoms with E-state index in [1.54, 1.807) is 38.4 Å². The zero-order valence-electron chi connectivity index (χ0n) is 16.7. The second kappa shape index (κ2) is 9.65. The van der Waals surface area contributed by atoms with Crippen molar-refractivity contribution in [3.05, 3.63) is 47.5 Å². The standard InChI is InChI=1S/C20H23ClN2O6S/c1-22(15-3-5-16(27-2)6-4-15)20(24)14-29-19-8-7-17(13-18(19)21)30(25,26)23-9-11-28-12-10-23/h3-8,13H,9-12,14H2,1-2H3. The highest BCUT2D eigenvalue weighted by Gasteiger charge is 2.27. The maximum absolute atomic E-state index is 12.7. The number of nitrogens with zero attached hydrogens (tertiary/aromatic N) is 2. The highest BCUT2D eigenvalue weighted by molar-refractivity contribution is 7.89. The molecular weight excluding hydrogens is 432 g/mol. The lowest BCUT2D eigenvalue weighted by Crippen LogP contribution is -2.40. The smallest absolute Gasteiger partial charge is 0.264 e. The van der Waals surface area contributed by atoms with E-state index in [1.807, 2.05) is 0 Å². The number of hydrogen-bond acceptors (Lipinski definition) is 6. The molecule has 0 saturated carbocycles. The van der Waals surface area contributed by atoms with Gasteiger partial charge in [0.2, 0.25) is 10.0 Å². The lowest BCUT2D eigenvalue weighted by Gasteiger charge is -2.26. The third-order valence-electron chi connectivity index (χ3n) is 4.70. The summed E-state index contributed by atoms with van der Waals surface area (Å²) < 4.78 is 42.6. The Balaban J connectivity index is 1.64. The van der Waals surface area contributed by atoms with Crippen molar-refractivity contribution in [1.29, 1.82) is 0 Å². The van der Waals surface area contributed by atoms with Crippen molar-refractivity contribution in [3.63, 3.8) is 0 Å². The fourth-order valence-corrected chi connectivity index (χ4v) is 4.62. The van der Waals surface area contributed by atoms with Crippen LogP contribution in [0.3, 0.4) is 0 Å². The van der Waals surface area contributed by atoms with Crippen LogP contribution in [0.1, 0.15) is 0 Å². The van der Waals surface area contributed by atoms with Gasteiger partial charge >= 0.3 is 0 Å². The predicted molar refractivity (Wildman–Crippen MR) is 113 cm³/mol. The second-order valence-electron chi connectivity index (χ2n) is 6.55. The molecule has 0 N–H and O–H groups in total. The van der Waals surface area contributed by atoms with Crippen LogP contribution < -0.4 is 14.4 Å². The van der Waals surface area contributed by atoms with E-state index in [9.17, 15) is 13.2 Å². The van der Waals surface area contributed by atoms with Gasteiger partial charge in [-0.05, 0) is 42.5 Å². The van der Waals surface area contributed by atoms with Gasteiger partial charge in [0.25, 0.3) is 5.91 Å². The molecule has 30 heavy (non-hydrogen) atoms. The summed E-state index contributed by atoms with van der Waals surface area (Å²) in [7, 11) is -0.459. The van der Waals surface area contributed by atoms with Crippen molar-refractivity contribution in [1.82, 2.24) is 4.31 Å². The predicted octanol–water partition coefficient (Wildman–Crippen LogP) is 2.41. The number of rotatable bonds is 7. The van der Waals surface area contributed by atoms with Crippen molar-refractivity contribution in [2.45, 2.75) is 4.90 Å². The molecular formula is C20H23ClN2O6S. The van der Waals surface area contributed by atoms with E-state index < -0.39 is 10.0 Å². The number of anilines is 1. The molecule has 0 aromatic heterocycles. The van der Waals surface area contributed by atoms with Crippen molar-refractivity contribution in [3.8, 4) is 11.5 Å². The molecule has 0 unspecified atom stereocenters. The summed E-state index contributed by atoms with van der Waals surface area (Å²) in [5.74, 6) is 0.630. The van der Waals surface area contributed by atoms with Gasteiger partial charge in [-0.2, -0.15) is 4.31 Å². The first kappa shape index (κ1) is 22.4. The zero-order valence-corrected chi connectivity index (χ0v) is 18.3. The number of amides is 1. The number of carbonyl (C=O) groups excluding carboxylic acids is 1. The van der Waals surface area contributed by atoms with E-state index in [-0.39, 0.29) is 28.2 Å². The normalized spacial score (nSPS) is 14.9. The first-order chi connectivity index (χ1) is 14.3. The van der Waals surface area contributed by atoms with Crippen LogP contribution in [0.15, 0.2) is 47.4 Å². The minimum atomic E-state index is -3.66. The number of ether oxygens (including phenoxy) is 3. The minimum Gasteiger partial charge on any atom is -0.497 e. The maximum atomic E-state index is 12.7. The molecule has 8 nitrogen and oxygen atoms in total. The van der Waals surface area contributed by atoms with Gasteiger partial charge in [0.05, 0.1) is 30.2 Å². The molecule has 0 aliphatic carbocycles. The summed E-state index contributed by atoms with van der Waals surface area (Å²) in [6.07, 6.45) is 0. The molecule has 1 heterocycles. The monoisotopic (exact) mass is 454 g/mol. The van der Waals surface area contributed by atoms with Gasteiger partial charge in [0, 0.05) is 25.8 Å². The highest BCUT2D eigenvalue weighted by Crippen LogP contribution is 2.29. The molecule has 1 saturated heterocycles. The lowest BCUT2D eigenvalue weighted by molar-refractivity contribution is -0.120. The minimum absolute atomic E-state index is 0.0726. The highest BCUT2D eigenvalue weighted by atomic mass is 35.5. The van der Waals surface area contributed by atoms with E-state index in [2.05, 4.69) is 0 Å². The van der Waals surface area contributed by atoms with E-state index >= 15 is 0 Å². The van der Waals surface area contributed by atoms with Crippen LogP contribution in [0.25, 0.3) is 0 Å². The SMILES string of the molecule is COc1ccc(N(C)C(=O)COc2ccc(S(=O)(=O)N3CCOCC3)cc2Cl)cc1.